The Morgan fingerprint density at radius 3 is 2.54 bits per heavy atom. The number of pyridine rings is 1. The third-order valence-electron chi connectivity index (χ3n) is 1.35. The van der Waals surface area contributed by atoms with Crippen molar-refractivity contribution < 1.29 is 13.5 Å². The molecule has 6 heteroatoms. The molecule has 72 valence electrons. The van der Waals surface area contributed by atoms with Crippen molar-refractivity contribution in [2.75, 3.05) is 7.11 Å². The van der Waals surface area contributed by atoms with Gasteiger partial charge in [0, 0.05) is 0 Å². The summed E-state index contributed by atoms with van der Waals surface area (Å²) in [6.45, 7) is 0. The highest BCUT2D eigenvalue weighted by molar-refractivity contribution is 9.13. The highest BCUT2D eigenvalue weighted by Gasteiger charge is 2.17. The lowest BCUT2D eigenvalue weighted by atomic mass is 10.3. The summed E-state index contributed by atoms with van der Waals surface area (Å²) in [7, 11) is 1.30. The highest BCUT2D eigenvalue weighted by atomic mass is 79.9. The van der Waals surface area contributed by atoms with Gasteiger partial charge in [-0.05, 0) is 37.9 Å². The Bertz CT molecular complexity index is 320. The lowest BCUT2D eigenvalue weighted by molar-refractivity contribution is 0.146. The van der Waals surface area contributed by atoms with Gasteiger partial charge in [-0.2, -0.15) is 0 Å². The van der Waals surface area contributed by atoms with Crippen molar-refractivity contribution in [1.82, 2.24) is 4.98 Å². The zero-order chi connectivity index (χ0) is 10.0. The number of nitrogens with zero attached hydrogens (tertiary/aromatic N) is 1. The van der Waals surface area contributed by atoms with Crippen LogP contribution in [0, 0.1) is 0 Å². The van der Waals surface area contributed by atoms with Gasteiger partial charge in [0.15, 0.2) is 0 Å². The van der Waals surface area contributed by atoms with Gasteiger partial charge in [-0.1, -0.05) is 0 Å². The monoisotopic (exact) mass is 315 g/mol. The fourth-order valence-electron chi connectivity index (χ4n) is 0.785. The van der Waals surface area contributed by atoms with Crippen molar-refractivity contribution in [2.45, 2.75) is 6.43 Å². The van der Waals surface area contributed by atoms with Crippen LogP contribution in [0.4, 0.5) is 8.78 Å². The molecule has 0 bridgehead atoms. The summed E-state index contributed by atoms with van der Waals surface area (Å²) >= 11 is 6.17. The van der Waals surface area contributed by atoms with Crippen LogP contribution in [0.3, 0.4) is 0 Å². The van der Waals surface area contributed by atoms with E-state index in [1.807, 2.05) is 0 Å². The van der Waals surface area contributed by atoms with Gasteiger partial charge in [-0.15, -0.1) is 0 Å². The third-order valence-corrected chi connectivity index (χ3v) is 3.10. The van der Waals surface area contributed by atoms with Crippen molar-refractivity contribution in [1.29, 1.82) is 0 Å². The molecule has 0 saturated carbocycles. The molecule has 0 N–H and O–H groups in total. The molecule has 0 aromatic carbocycles. The summed E-state index contributed by atoms with van der Waals surface area (Å²) in [5.74, 6) is -0.0647. The van der Waals surface area contributed by atoms with Crippen LogP contribution in [0.5, 0.6) is 5.88 Å². The third kappa shape index (κ3) is 2.37. The molecular formula is C7H5Br2F2NO. The molecule has 0 fully saturated rings. The first-order chi connectivity index (χ1) is 6.06. The Hall–Kier alpha value is -0.230. The molecule has 1 heterocycles. The number of methoxy groups -OCH3 is 1. The quantitative estimate of drug-likeness (QED) is 0.778. The van der Waals surface area contributed by atoms with E-state index in [0.29, 0.717) is 9.08 Å². The summed E-state index contributed by atoms with van der Waals surface area (Å²) in [4.78, 5) is 3.78. The normalized spacial score (nSPS) is 10.6. The van der Waals surface area contributed by atoms with Crippen LogP contribution >= 0.6 is 31.9 Å². The zero-order valence-corrected chi connectivity index (χ0v) is 9.69. The van der Waals surface area contributed by atoms with Crippen molar-refractivity contribution in [3.63, 3.8) is 0 Å². The number of aromatic nitrogens is 1. The average Bonchev–Trinajstić information content (AvgIpc) is 2.08. The largest absolute Gasteiger partial charge is 0.481 e. The maximum atomic E-state index is 12.4. The van der Waals surface area contributed by atoms with Gasteiger partial charge in [-0.25, -0.2) is 13.8 Å². The van der Waals surface area contributed by atoms with E-state index in [0.717, 1.165) is 0 Å². The van der Waals surface area contributed by atoms with Crippen LogP contribution in [0.25, 0.3) is 0 Å². The first-order valence-corrected chi connectivity index (χ1v) is 4.83. The van der Waals surface area contributed by atoms with Gasteiger partial charge in [0.25, 0.3) is 6.43 Å². The minimum Gasteiger partial charge on any atom is -0.481 e. The summed E-state index contributed by atoms with van der Waals surface area (Å²) < 4.78 is 30.4. The summed E-state index contributed by atoms with van der Waals surface area (Å²) in [5.41, 5.74) is -0.224. The van der Waals surface area contributed by atoms with Crippen LogP contribution in [-0.4, -0.2) is 12.1 Å². The standard InChI is InChI=1S/C7H5Br2F2NO/c1-13-7-3(6(10)11)2-4(8)5(9)12-7/h2,6H,1H3. The van der Waals surface area contributed by atoms with Crippen molar-refractivity contribution >= 4 is 31.9 Å². The fourth-order valence-corrected chi connectivity index (χ4v) is 1.40. The van der Waals surface area contributed by atoms with Gasteiger partial charge in [0.1, 0.15) is 4.60 Å². The molecule has 2 nitrogen and oxygen atoms in total. The number of hydrogen-bond donors (Lipinski definition) is 0. The van der Waals surface area contributed by atoms with Crippen molar-refractivity contribution in [3.8, 4) is 5.88 Å². The van der Waals surface area contributed by atoms with E-state index < -0.39 is 6.43 Å². The van der Waals surface area contributed by atoms with Gasteiger partial charge in [0.2, 0.25) is 5.88 Å². The maximum absolute atomic E-state index is 12.4. The Morgan fingerprint density at radius 1 is 1.46 bits per heavy atom. The van der Waals surface area contributed by atoms with Crippen molar-refractivity contribution in [2.24, 2.45) is 0 Å². The number of hydrogen-bond acceptors (Lipinski definition) is 2. The number of halogens is 4. The Kier molecular flexibility index (Phi) is 3.61. The maximum Gasteiger partial charge on any atom is 0.269 e. The Morgan fingerprint density at radius 2 is 2.08 bits per heavy atom. The van der Waals surface area contributed by atoms with E-state index in [-0.39, 0.29) is 11.4 Å². The second-order valence-electron chi connectivity index (χ2n) is 2.16. The van der Waals surface area contributed by atoms with E-state index in [1.165, 1.54) is 13.2 Å². The molecule has 0 unspecified atom stereocenters. The van der Waals surface area contributed by atoms with Gasteiger partial charge in [-0.3, -0.25) is 0 Å². The van der Waals surface area contributed by atoms with Crippen LogP contribution in [0.15, 0.2) is 15.1 Å². The van der Waals surface area contributed by atoms with E-state index >= 15 is 0 Å². The molecule has 0 spiro atoms. The number of rotatable bonds is 2. The van der Waals surface area contributed by atoms with Crippen LogP contribution in [-0.2, 0) is 0 Å². The van der Waals surface area contributed by atoms with Gasteiger partial charge in [0.05, 0.1) is 17.1 Å². The SMILES string of the molecule is COc1nc(Br)c(Br)cc1C(F)F. The number of alkyl halides is 2. The molecule has 0 saturated heterocycles. The first kappa shape index (κ1) is 10.8. The fraction of sp³-hybridized carbons (Fsp3) is 0.286. The van der Waals surface area contributed by atoms with E-state index in [9.17, 15) is 8.78 Å². The molecule has 1 rings (SSSR count). The Labute approximate surface area is 90.6 Å². The van der Waals surface area contributed by atoms with Crippen LogP contribution < -0.4 is 4.74 Å². The predicted octanol–water partition coefficient (Wildman–Crippen LogP) is 3.55. The average molecular weight is 317 g/mol. The minimum atomic E-state index is -2.59. The van der Waals surface area contributed by atoms with E-state index in [2.05, 4.69) is 36.8 Å². The zero-order valence-electron chi connectivity index (χ0n) is 6.52. The smallest absolute Gasteiger partial charge is 0.269 e. The van der Waals surface area contributed by atoms with E-state index in [1.54, 1.807) is 0 Å². The molecule has 0 aliphatic carbocycles. The molecule has 1 aromatic rings. The predicted molar refractivity (Wildman–Crippen MR) is 51.1 cm³/mol. The molecule has 0 aliphatic heterocycles. The molecule has 0 atom stereocenters. The Balaban J connectivity index is 3.25. The van der Waals surface area contributed by atoms with Crippen LogP contribution in [0.1, 0.15) is 12.0 Å². The summed E-state index contributed by atoms with van der Waals surface area (Å²) in [6, 6.07) is 1.28. The molecule has 0 radical (unpaired) electrons. The highest BCUT2D eigenvalue weighted by Crippen LogP contribution is 2.33. The topological polar surface area (TPSA) is 22.1 Å². The molecule has 0 aliphatic rings. The van der Waals surface area contributed by atoms with Crippen molar-refractivity contribution in [3.05, 3.63) is 20.7 Å². The molecule has 0 amide bonds. The minimum absolute atomic E-state index is 0.0647. The van der Waals surface area contributed by atoms with Gasteiger partial charge < -0.3 is 4.74 Å². The molecule has 1 aromatic heterocycles. The summed E-state index contributed by atoms with van der Waals surface area (Å²) in [5, 5.41) is 0. The second-order valence-corrected chi connectivity index (χ2v) is 3.77. The van der Waals surface area contributed by atoms with Crippen LogP contribution in [0.2, 0.25) is 0 Å². The second kappa shape index (κ2) is 4.32. The van der Waals surface area contributed by atoms with Gasteiger partial charge >= 0.3 is 0 Å². The lowest BCUT2D eigenvalue weighted by Crippen LogP contribution is -1.96. The molecular weight excluding hydrogens is 312 g/mol. The molecule has 13 heavy (non-hydrogen) atoms. The van der Waals surface area contributed by atoms with E-state index in [4.69, 9.17) is 4.74 Å². The lowest BCUT2D eigenvalue weighted by Gasteiger charge is -2.07. The summed E-state index contributed by atoms with van der Waals surface area (Å²) in [6.07, 6.45) is -2.59. The first-order valence-electron chi connectivity index (χ1n) is 3.24. The number of ether oxygens (including phenoxy) is 1.